The summed E-state index contributed by atoms with van der Waals surface area (Å²) in [7, 11) is 0. The van der Waals surface area contributed by atoms with Crippen LogP contribution < -0.4 is 5.32 Å². The van der Waals surface area contributed by atoms with Gasteiger partial charge in [-0.2, -0.15) is 0 Å². The van der Waals surface area contributed by atoms with Crippen LogP contribution in [0.3, 0.4) is 0 Å². The minimum Gasteiger partial charge on any atom is -0.356 e. The molecular formula is C17H20N6O. The van der Waals surface area contributed by atoms with Gasteiger partial charge in [-0.1, -0.05) is 18.2 Å². The van der Waals surface area contributed by atoms with Crippen LogP contribution in [0.2, 0.25) is 0 Å². The van der Waals surface area contributed by atoms with Gasteiger partial charge in [-0.05, 0) is 47.7 Å². The number of aromatic nitrogens is 5. The molecule has 0 unspecified atom stereocenters. The highest BCUT2D eigenvalue weighted by Gasteiger charge is 2.25. The first-order valence-corrected chi connectivity index (χ1v) is 8.41. The summed E-state index contributed by atoms with van der Waals surface area (Å²) in [5, 5.41) is 15.4. The molecule has 1 atom stereocenters. The van der Waals surface area contributed by atoms with Gasteiger partial charge >= 0.3 is 0 Å². The normalized spacial score (nSPS) is 16.9. The zero-order valence-electron chi connectivity index (χ0n) is 13.4. The number of nitrogens with one attached hydrogen (secondary N) is 2. The van der Waals surface area contributed by atoms with Gasteiger partial charge in [-0.15, -0.1) is 5.10 Å². The Morgan fingerprint density at radius 3 is 3.17 bits per heavy atom. The van der Waals surface area contributed by atoms with E-state index in [1.54, 1.807) is 11.0 Å². The number of benzene rings is 1. The molecule has 0 aliphatic heterocycles. The topological polar surface area (TPSA) is 88.5 Å². The predicted molar refractivity (Wildman–Crippen MR) is 89.2 cm³/mol. The van der Waals surface area contributed by atoms with Crippen molar-refractivity contribution in [3.8, 4) is 0 Å². The second-order valence-electron chi connectivity index (χ2n) is 6.25. The molecule has 7 nitrogen and oxygen atoms in total. The molecule has 24 heavy (non-hydrogen) atoms. The van der Waals surface area contributed by atoms with Crippen molar-refractivity contribution in [2.24, 2.45) is 0 Å². The standard InChI is InChI=1S/C17H20N6O/c24-16(9-4-10-23-11-18-21-22-23)19-15-8-3-6-13-12-5-1-2-7-14(12)20-17(13)15/h1-2,5,7,11,15,20H,3-4,6,8-10H2,(H,19,24)/t15-/m1/s1. The third kappa shape index (κ3) is 2.89. The zero-order valence-corrected chi connectivity index (χ0v) is 13.4. The number of fused-ring (bicyclic) bond motifs is 3. The average molecular weight is 324 g/mol. The van der Waals surface area contributed by atoms with Crippen molar-refractivity contribution < 1.29 is 4.79 Å². The number of hydrogen-bond donors (Lipinski definition) is 2. The number of rotatable bonds is 5. The summed E-state index contributed by atoms with van der Waals surface area (Å²) in [6, 6.07) is 8.44. The highest BCUT2D eigenvalue weighted by atomic mass is 16.1. The number of tetrazole rings is 1. The van der Waals surface area contributed by atoms with Crippen molar-refractivity contribution in [1.82, 2.24) is 30.5 Å². The molecule has 0 saturated carbocycles. The first kappa shape index (κ1) is 14.9. The van der Waals surface area contributed by atoms with Crippen molar-refractivity contribution in [2.75, 3.05) is 0 Å². The second-order valence-corrected chi connectivity index (χ2v) is 6.25. The highest BCUT2D eigenvalue weighted by Crippen LogP contribution is 2.34. The maximum Gasteiger partial charge on any atom is 0.220 e. The Morgan fingerprint density at radius 1 is 1.38 bits per heavy atom. The molecule has 1 aliphatic rings. The number of carbonyl (C=O) groups excluding carboxylic acids is 1. The molecule has 1 aromatic carbocycles. The highest BCUT2D eigenvalue weighted by molar-refractivity contribution is 5.85. The van der Waals surface area contributed by atoms with E-state index in [0.29, 0.717) is 13.0 Å². The van der Waals surface area contributed by atoms with Crippen molar-refractivity contribution in [3.63, 3.8) is 0 Å². The van der Waals surface area contributed by atoms with E-state index in [-0.39, 0.29) is 11.9 Å². The Labute approximate surface area is 139 Å². The van der Waals surface area contributed by atoms with Gasteiger partial charge in [0.05, 0.1) is 6.04 Å². The number of aromatic amines is 1. The summed E-state index contributed by atoms with van der Waals surface area (Å²) in [5.41, 5.74) is 3.69. The summed E-state index contributed by atoms with van der Waals surface area (Å²) in [6.45, 7) is 0.655. The molecule has 3 aromatic rings. The van der Waals surface area contributed by atoms with Gasteiger partial charge in [0.25, 0.3) is 0 Å². The third-order valence-electron chi connectivity index (χ3n) is 4.63. The molecular weight excluding hydrogens is 304 g/mol. The van der Waals surface area contributed by atoms with E-state index >= 15 is 0 Å². The van der Waals surface area contributed by atoms with Crippen LogP contribution in [0.1, 0.15) is 43.0 Å². The fourth-order valence-corrected chi connectivity index (χ4v) is 3.51. The van der Waals surface area contributed by atoms with Crippen LogP contribution in [0.25, 0.3) is 10.9 Å². The zero-order chi connectivity index (χ0) is 16.4. The lowest BCUT2D eigenvalue weighted by Crippen LogP contribution is -2.31. The quantitative estimate of drug-likeness (QED) is 0.752. The number of amides is 1. The van der Waals surface area contributed by atoms with E-state index in [0.717, 1.165) is 31.2 Å². The monoisotopic (exact) mass is 324 g/mol. The molecule has 0 spiro atoms. The number of carbonyl (C=O) groups is 1. The summed E-state index contributed by atoms with van der Waals surface area (Å²) in [6.07, 6.45) is 5.93. The maximum absolute atomic E-state index is 12.3. The van der Waals surface area contributed by atoms with Gasteiger partial charge in [0.2, 0.25) is 5.91 Å². The molecule has 4 rings (SSSR count). The van der Waals surface area contributed by atoms with E-state index in [2.05, 4.69) is 44.0 Å². The molecule has 0 radical (unpaired) electrons. The van der Waals surface area contributed by atoms with Crippen LogP contribution in [-0.2, 0) is 17.8 Å². The van der Waals surface area contributed by atoms with Crippen LogP contribution in [0.15, 0.2) is 30.6 Å². The molecule has 0 fully saturated rings. The SMILES string of the molecule is O=C(CCCn1cnnn1)N[C@@H]1CCCc2c1[nH]c1ccccc21. The molecule has 124 valence electrons. The second kappa shape index (κ2) is 6.43. The smallest absolute Gasteiger partial charge is 0.220 e. The fourth-order valence-electron chi connectivity index (χ4n) is 3.51. The van der Waals surface area contributed by atoms with Crippen molar-refractivity contribution in [2.45, 2.75) is 44.7 Å². The number of para-hydroxylation sites is 1. The van der Waals surface area contributed by atoms with Gasteiger partial charge in [-0.3, -0.25) is 4.79 Å². The van der Waals surface area contributed by atoms with E-state index in [1.807, 2.05) is 6.07 Å². The summed E-state index contributed by atoms with van der Waals surface area (Å²) in [5.74, 6) is 0.0829. The number of H-pyrrole nitrogens is 1. The Bertz CT molecular complexity index is 838. The Morgan fingerprint density at radius 2 is 2.29 bits per heavy atom. The lowest BCUT2D eigenvalue weighted by Gasteiger charge is -2.23. The third-order valence-corrected chi connectivity index (χ3v) is 4.63. The van der Waals surface area contributed by atoms with Gasteiger partial charge in [0.1, 0.15) is 6.33 Å². The maximum atomic E-state index is 12.3. The lowest BCUT2D eigenvalue weighted by atomic mass is 9.91. The first-order chi connectivity index (χ1) is 11.8. The minimum absolute atomic E-state index is 0.0829. The van der Waals surface area contributed by atoms with Crippen LogP contribution in [0.5, 0.6) is 0 Å². The summed E-state index contributed by atoms with van der Waals surface area (Å²) < 4.78 is 1.64. The Kier molecular flexibility index (Phi) is 3.98. The summed E-state index contributed by atoms with van der Waals surface area (Å²) >= 11 is 0. The van der Waals surface area contributed by atoms with Crippen LogP contribution >= 0.6 is 0 Å². The Hall–Kier alpha value is -2.70. The molecule has 1 amide bonds. The molecule has 2 N–H and O–H groups in total. The van der Waals surface area contributed by atoms with Crippen molar-refractivity contribution in [1.29, 1.82) is 0 Å². The van der Waals surface area contributed by atoms with E-state index in [1.165, 1.54) is 16.6 Å². The summed E-state index contributed by atoms with van der Waals surface area (Å²) in [4.78, 5) is 15.8. The molecule has 2 aromatic heterocycles. The van der Waals surface area contributed by atoms with E-state index in [4.69, 9.17) is 0 Å². The predicted octanol–water partition coefficient (Wildman–Crippen LogP) is 2.13. The van der Waals surface area contributed by atoms with Crippen LogP contribution in [-0.4, -0.2) is 31.1 Å². The van der Waals surface area contributed by atoms with Crippen molar-refractivity contribution in [3.05, 3.63) is 41.9 Å². The van der Waals surface area contributed by atoms with Gasteiger partial charge in [-0.25, -0.2) is 4.68 Å². The molecule has 1 aliphatic carbocycles. The Balaban J connectivity index is 1.41. The number of hydrogen-bond acceptors (Lipinski definition) is 4. The van der Waals surface area contributed by atoms with Crippen molar-refractivity contribution >= 4 is 16.8 Å². The lowest BCUT2D eigenvalue weighted by molar-refractivity contribution is -0.122. The van der Waals surface area contributed by atoms with Gasteiger partial charge in [0, 0.05) is 29.6 Å². The molecule has 0 saturated heterocycles. The number of aryl methyl sites for hydroxylation is 2. The number of nitrogens with zero attached hydrogens (tertiary/aromatic N) is 4. The van der Waals surface area contributed by atoms with Gasteiger partial charge < -0.3 is 10.3 Å². The first-order valence-electron chi connectivity index (χ1n) is 8.41. The molecule has 0 bridgehead atoms. The average Bonchev–Trinajstić information content (AvgIpc) is 3.23. The minimum atomic E-state index is 0.0829. The van der Waals surface area contributed by atoms with E-state index in [9.17, 15) is 4.79 Å². The van der Waals surface area contributed by atoms with E-state index < -0.39 is 0 Å². The molecule has 2 heterocycles. The van der Waals surface area contributed by atoms with Gasteiger partial charge in [0.15, 0.2) is 0 Å². The largest absolute Gasteiger partial charge is 0.356 e. The van der Waals surface area contributed by atoms with Crippen LogP contribution in [0.4, 0.5) is 0 Å². The fraction of sp³-hybridized carbons (Fsp3) is 0.412. The molecule has 7 heteroatoms. The van der Waals surface area contributed by atoms with Crippen LogP contribution in [0, 0.1) is 0 Å².